The summed E-state index contributed by atoms with van der Waals surface area (Å²) in [5, 5.41) is 3.32. The number of hydrogen-bond donors (Lipinski definition) is 1. The normalized spacial score (nSPS) is 12.3. The number of rotatable bonds is 5. The maximum Gasteiger partial charge on any atom is 0.142 e. The largest absolute Gasteiger partial charge is 0.495 e. The number of hydrogen-bond acceptors (Lipinski definition) is 3. The lowest BCUT2D eigenvalue weighted by molar-refractivity contribution is 0.190. The molecule has 0 aliphatic carbocycles. The van der Waals surface area contributed by atoms with E-state index >= 15 is 0 Å². The minimum absolute atomic E-state index is 0.248. The Morgan fingerprint density at radius 2 is 2.13 bits per heavy atom. The van der Waals surface area contributed by atoms with Gasteiger partial charge in [-0.1, -0.05) is 15.9 Å². The van der Waals surface area contributed by atoms with Crippen LogP contribution >= 0.6 is 15.9 Å². The molecule has 0 aliphatic heterocycles. The molecule has 1 unspecified atom stereocenters. The third-order valence-electron chi connectivity index (χ3n) is 1.98. The Balaban J connectivity index is 2.77. The van der Waals surface area contributed by atoms with E-state index in [-0.39, 0.29) is 6.04 Å². The van der Waals surface area contributed by atoms with Gasteiger partial charge in [0.05, 0.1) is 19.4 Å². The molecule has 3 nitrogen and oxygen atoms in total. The molecule has 0 spiro atoms. The summed E-state index contributed by atoms with van der Waals surface area (Å²) >= 11 is 3.43. The van der Waals surface area contributed by atoms with Gasteiger partial charge in [0.15, 0.2) is 0 Å². The van der Waals surface area contributed by atoms with Crippen molar-refractivity contribution in [3.8, 4) is 5.75 Å². The Hall–Kier alpha value is -0.740. The molecule has 1 aromatic rings. The van der Waals surface area contributed by atoms with Crippen LogP contribution in [0, 0.1) is 0 Å². The van der Waals surface area contributed by atoms with Gasteiger partial charge in [-0.25, -0.2) is 0 Å². The maximum atomic E-state index is 5.26. The van der Waals surface area contributed by atoms with Crippen molar-refractivity contribution in [2.45, 2.75) is 13.0 Å². The zero-order valence-electron chi connectivity index (χ0n) is 9.21. The van der Waals surface area contributed by atoms with E-state index in [1.807, 2.05) is 18.2 Å². The minimum atomic E-state index is 0.248. The van der Waals surface area contributed by atoms with Crippen LogP contribution in [0.1, 0.15) is 6.92 Å². The number of ether oxygens (including phenoxy) is 2. The van der Waals surface area contributed by atoms with Gasteiger partial charge in [-0.3, -0.25) is 0 Å². The maximum absolute atomic E-state index is 5.26. The van der Waals surface area contributed by atoms with Gasteiger partial charge in [0, 0.05) is 17.6 Å². The number of nitrogens with one attached hydrogen (secondary N) is 1. The van der Waals surface area contributed by atoms with Gasteiger partial charge < -0.3 is 14.8 Å². The monoisotopic (exact) mass is 273 g/mol. The average Bonchev–Trinajstić information content (AvgIpc) is 2.18. The molecular weight excluding hydrogens is 258 g/mol. The second-order valence-electron chi connectivity index (χ2n) is 3.35. The summed E-state index contributed by atoms with van der Waals surface area (Å²) in [6.07, 6.45) is 0. The van der Waals surface area contributed by atoms with Crippen LogP contribution in [0.2, 0.25) is 0 Å². The first-order valence-electron chi connectivity index (χ1n) is 4.76. The number of benzene rings is 1. The van der Waals surface area contributed by atoms with E-state index in [2.05, 4.69) is 28.2 Å². The molecule has 0 aliphatic rings. The summed E-state index contributed by atoms with van der Waals surface area (Å²) in [5.41, 5.74) is 0.969. The first-order valence-corrected chi connectivity index (χ1v) is 5.55. The molecule has 0 aromatic heterocycles. The predicted octanol–water partition coefficient (Wildman–Crippen LogP) is 2.90. The highest BCUT2D eigenvalue weighted by Crippen LogP contribution is 2.28. The standard InChI is InChI=1S/C11H16BrNO2/c1-8(7-14-2)13-10-6-9(12)4-5-11(10)15-3/h4-6,8,13H,7H2,1-3H3. The molecule has 1 atom stereocenters. The van der Waals surface area contributed by atoms with Gasteiger partial charge in [-0.05, 0) is 25.1 Å². The molecule has 1 aromatic carbocycles. The van der Waals surface area contributed by atoms with Crippen LogP contribution in [0.25, 0.3) is 0 Å². The zero-order chi connectivity index (χ0) is 11.3. The van der Waals surface area contributed by atoms with Gasteiger partial charge in [-0.2, -0.15) is 0 Å². The Morgan fingerprint density at radius 1 is 1.40 bits per heavy atom. The Labute approximate surface area is 98.9 Å². The van der Waals surface area contributed by atoms with E-state index in [0.29, 0.717) is 6.61 Å². The molecule has 0 radical (unpaired) electrons. The third-order valence-corrected chi connectivity index (χ3v) is 2.47. The molecule has 0 fully saturated rings. The SMILES string of the molecule is COCC(C)Nc1cc(Br)ccc1OC. The lowest BCUT2D eigenvalue weighted by atomic mass is 10.2. The Morgan fingerprint density at radius 3 is 2.73 bits per heavy atom. The van der Waals surface area contributed by atoms with E-state index < -0.39 is 0 Å². The zero-order valence-corrected chi connectivity index (χ0v) is 10.8. The quantitative estimate of drug-likeness (QED) is 0.895. The average molecular weight is 274 g/mol. The molecule has 0 heterocycles. The fourth-order valence-electron chi connectivity index (χ4n) is 1.35. The summed E-state index contributed by atoms with van der Waals surface area (Å²) in [5.74, 6) is 0.834. The first-order chi connectivity index (χ1) is 7.17. The van der Waals surface area contributed by atoms with E-state index in [1.54, 1.807) is 14.2 Å². The van der Waals surface area contributed by atoms with Crippen LogP contribution in [0.5, 0.6) is 5.75 Å². The molecular formula is C11H16BrNO2. The fourth-order valence-corrected chi connectivity index (χ4v) is 1.71. The molecule has 0 amide bonds. The highest BCUT2D eigenvalue weighted by atomic mass is 79.9. The first kappa shape index (κ1) is 12.3. The molecule has 1 rings (SSSR count). The van der Waals surface area contributed by atoms with Gasteiger partial charge in [0.25, 0.3) is 0 Å². The third kappa shape index (κ3) is 3.72. The fraction of sp³-hybridized carbons (Fsp3) is 0.455. The van der Waals surface area contributed by atoms with Crippen molar-refractivity contribution in [3.05, 3.63) is 22.7 Å². The molecule has 0 bridgehead atoms. The van der Waals surface area contributed by atoms with Crippen LogP contribution in [-0.2, 0) is 4.74 Å². The van der Waals surface area contributed by atoms with Crippen molar-refractivity contribution in [2.24, 2.45) is 0 Å². The smallest absolute Gasteiger partial charge is 0.142 e. The molecule has 0 saturated carbocycles. The summed E-state index contributed by atoms with van der Waals surface area (Å²) in [7, 11) is 3.35. The topological polar surface area (TPSA) is 30.5 Å². The second kappa shape index (κ2) is 5.98. The van der Waals surface area contributed by atoms with Crippen LogP contribution < -0.4 is 10.1 Å². The van der Waals surface area contributed by atoms with Crippen LogP contribution in [0.15, 0.2) is 22.7 Å². The lowest BCUT2D eigenvalue weighted by Crippen LogP contribution is -2.21. The minimum Gasteiger partial charge on any atom is -0.495 e. The van der Waals surface area contributed by atoms with Crippen molar-refractivity contribution in [3.63, 3.8) is 0 Å². The van der Waals surface area contributed by atoms with Crippen molar-refractivity contribution >= 4 is 21.6 Å². The Kier molecular flexibility index (Phi) is 4.91. The summed E-state index contributed by atoms with van der Waals surface area (Å²) < 4.78 is 11.3. The number of halogens is 1. The number of methoxy groups -OCH3 is 2. The van der Waals surface area contributed by atoms with E-state index in [9.17, 15) is 0 Å². The molecule has 15 heavy (non-hydrogen) atoms. The highest BCUT2D eigenvalue weighted by Gasteiger charge is 2.06. The second-order valence-corrected chi connectivity index (χ2v) is 4.26. The molecule has 4 heteroatoms. The van der Waals surface area contributed by atoms with Crippen LogP contribution in [0.3, 0.4) is 0 Å². The van der Waals surface area contributed by atoms with Gasteiger partial charge in [-0.15, -0.1) is 0 Å². The molecule has 84 valence electrons. The summed E-state index contributed by atoms with van der Waals surface area (Å²) in [6.45, 7) is 2.72. The van der Waals surface area contributed by atoms with Gasteiger partial charge in [0.1, 0.15) is 5.75 Å². The lowest BCUT2D eigenvalue weighted by Gasteiger charge is -2.16. The highest BCUT2D eigenvalue weighted by molar-refractivity contribution is 9.10. The van der Waals surface area contributed by atoms with Crippen LogP contribution in [0.4, 0.5) is 5.69 Å². The number of anilines is 1. The summed E-state index contributed by atoms with van der Waals surface area (Å²) in [4.78, 5) is 0. The Bertz CT molecular complexity index is 317. The van der Waals surface area contributed by atoms with Crippen molar-refractivity contribution < 1.29 is 9.47 Å². The van der Waals surface area contributed by atoms with Gasteiger partial charge in [0.2, 0.25) is 0 Å². The predicted molar refractivity (Wildman–Crippen MR) is 65.7 cm³/mol. The van der Waals surface area contributed by atoms with E-state index in [4.69, 9.17) is 9.47 Å². The van der Waals surface area contributed by atoms with Crippen molar-refractivity contribution in [1.29, 1.82) is 0 Å². The van der Waals surface area contributed by atoms with E-state index in [1.165, 1.54) is 0 Å². The van der Waals surface area contributed by atoms with E-state index in [0.717, 1.165) is 15.9 Å². The van der Waals surface area contributed by atoms with Crippen LogP contribution in [-0.4, -0.2) is 26.9 Å². The van der Waals surface area contributed by atoms with Gasteiger partial charge >= 0.3 is 0 Å². The summed E-state index contributed by atoms with van der Waals surface area (Å²) in [6, 6.07) is 6.11. The molecule has 1 N–H and O–H groups in total. The van der Waals surface area contributed by atoms with Crippen molar-refractivity contribution in [2.75, 3.05) is 26.1 Å². The molecule has 0 saturated heterocycles. The van der Waals surface area contributed by atoms with Crippen molar-refractivity contribution in [1.82, 2.24) is 0 Å².